The van der Waals surface area contributed by atoms with Crippen LogP contribution in [-0.4, -0.2) is 30.7 Å². The molecule has 28 heavy (non-hydrogen) atoms. The lowest BCUT2D eigenvalue weighted by atomic mass is 10.0. The molecular weight excluding hydrogens is 440 g/mol. The summed E-state index contributed by atoms with van der Waals surface area (Å²) >= 11 is 5.90. The summed E-state index contributed by atoms with van der Waals surface area (Å²) in [5.74, 6) is -1.32. The zero-order valence-electron chi connectivity index (χ0n) is 13.4. The molecule has 0 fully saturated rings. The first-order valence-corrected chi connectivity index (χ1v) is 8.53. The van der Waals surface area contributed by atoms with E-state index in [1.54, 1.807) is 0 Å². The van der Waals surface area contributed by atoms with Crippen LogP contribution in [-0.2, 0) is 10.1 Å². The van der Waals surface area contributed by atoms with Gasteiger partial charge in [-0.3, -0.25) is 19.2 Å². The van der Waals surface area contributed by atoms with Gasteiger partial charge in [0.1, 0.15) is 0 Å². The highest BCUT2D eigenvalue weighted by molar-refractivity contribution is 7.87. The molecule has 1 heterocycles. The molecule has 152 valence electrons. The van der Waals surface area contributed by atoms with E-state index in [1.807, 2.05) is 0 Å². The largest absolute Gasteiger partial charge is 0.536 e. The summed E-state index contributed by atoms with van der Waals surface area (Å²) in [5, 5.41) is 11.0. The Bertz CT molecular complexity index is 1120. The minimum absolute atomic E-state index is 0.290. The summed E-state index contributed by atoms with van der Waals surface area (Å²) < 4.78 is 80.9. The molecular formula is C13H7ClF4N2O7S. The lowest BCUT2D eigenvalue weighted by molar-refractivity contribution is -0.386. The summed E-state index contributed by atoms with van der Waals surface area (Å²) in [6.45, 7) is 0. The molecule has 0 unspecified atom stereocenters. The smallest absolute Gasteiger partial charge is 0.494 e. The molecule has 2 aromatic rings. The van der Waals surface area contributed by atoms with Gasteiger partial charge in [-0.2, -0.15) is 21.6 Å². The van der Waals surface area contributed by atoms with E-state index in [9.17, 15) is 40.9 Å². The van der Waals surface area contributed by atoms with Crippen LogP contribution in [0.3, 0.4) is 0 Å². The van der Waals surface area contributed by atoms with Crippen molar-refractivity contribution in [1.29, 1.82) is 0 Å². The van der Waals surface area contributed by atoms with Crippen LogP contribution >= 0.6 is 11.6 Å². The Kier molecular flexibility index (Phi) is 5.57. The summed E-state index contributed by atoms with van der Waals surface area (Å²) in [4.78, 5) is 22.1. The van der Waals surface area contributed by atoms with Crippen molar-refractivity contribution < 1.29 is 39.9 Å². The molecule has 0 bridgehead atoms. The molecule has 0 aliphatic carbocycles. The predicted molar refractivity (Wildman–Crippen MR) is 85.9 cm³/mol. The second-order valence-electron chi connectivity index (χ2n) is 4.91. The van der Waals surface area contributed by atoms with E-state index < -0.39 is 47.9 Å². The number of hydrogen-bond acceptors (Lipinski definition) is 7. The van der Waals surface area contributed by atoms with Gasteiger partial charge in [-0.1, -0.05) is 11.6 Å². The molecule has 9 nitrogen and oxygen atoms in total. The Hall–Kier alpha value is -2.87. The van der Waals surface area contributed by atoms with Crippen LogP contribution in [0.1, 0.15) is 0 Å². The number of ether oxygens (including phenoxy) is 1. The van der Waals surface area contributed by atoms with Crippen molar-refractivity contribution in [2.45, 2.75) is 5.51 Å². The molecule has 0 N–H and O–H groups in total. The van der Waals surface area contributed by atoms with Crippen LogP contribution in [0.5, 0.6) is 5.75 Å². The number of rotatable bonds is 5. The van der Waals surface area contributed by atoms with Crippen molar-refractivity contribution in [3.63, 3.8) is 0 Å². The van der Waals surface area contributed by atoms with Gasteiger partial charge in [0.25, 0.3) is 0 Å². The molecule has 2 rings (SSSR count). The first-order valence-electron chi connectivity index (χ1n) is 6.75. The third kappa shape index (κ3) is 3.87. The molecule has 0 spiro atoms. The number of methoxy groups -OCH3 is 1. The fourth-order valence-corrected chi connectivity index (χ4v) is 2.67. The van der Waals surface area contributed by atoms with E-state index in [4.69, 9.17) is 11.6 Å². The monoisotopic (exact) mass is 446 g/mol. The molecule has 0 aliphatic heterocycles. The summed E-state index contributed by atoms with van der Waals surface area (Å²) in [7, 11) is -5.16. The SMILES string of the molecule is COc1cc(Cl)c(-c2ccn(OS(=O)(=O)C(F)(F)F)c(=O)c2[N+](=O)[O-])cc1F. The normalized spacial score (nSPS) is 11.9. The van der Waals surface area contributed by atoms with E-state index in [0.717, 1.165) is 13.2 Å². The van der Waals surface area contributed by atoms with Gasteiger partial charge in [-0.25, -0.2) is 4.39 Å². The van der Waals surface area contributed by atoms with Crippen molar-refractivity contribution in [2.24, 2.45) is 0 Å². The molecule has 0 saturated heterocycles. The third-order valence-electron chi connectivity index (χ3n) is 3.21. The molecule has 1 aromatic carbocycles. The number of nitrogens with zero attached hydrogens (tertiary/aromatic N) is 2. The highest BCUT2D eigenvalue weighted by Gasteiger charge is 2.49. The first kappa shape index (κ1) is 21.4. The standard InChI is InChI=1S/C13H7ClF4N2O7S/c1-26-10-5-8(14)7(4-9(10)15)6-2-3-19(12(21)11(6)20(22)23)27-28(24,25)13(16,17)18/h2-5H,1H3. The first-order chi connectivity index (χ1) is 12.8. The topological polar surface area (TPSA) is 118 Å². The summed E-state index contributed by atoms with van der Waals surface area (Å²) in [6, 6.07) is 2.31. The Morgan fingerprint density at radius 3 is 2.36 bits per heavy atom. The van der Waals surface area contributed by atoms with Gasteiger partial charge in [0, 0.05) is 11.6 Å². The van der Waals surface area contributed by atoms with Crippen LogP contribution in [0.4, 0.5) is 23.2 Å². The number of pyridine rings is 1. The number of nitro groups is 1. The van der Waals surface area contributed by atoms with Gasteiger partial charge >= 0.3 is 26.9 Å². The maximum absolute atomic E-state index is 13.9. The fraction of sp³-hybridized carbons (Fsp3) is 0.154. The Morgan fingerprint density at radius 2 is 1.86 bits per heavy atom. The van der Waals surface area contributed by atoms with Crippen LogP contribution in [0.15, 0.2) is 29.2 Å². The lowest BCUT2D eigenvalue weighted by Gasteiger charge is -2.12. The van der Waals surface area contributed by atoms with Gasteiger partial charge in [0.15, 0.2) is 11.6 Å². The quantitative estimate of drug-likeness (QED) is 0.300. The molecule has 0 saturated carbocycles. The van der Waals surface area contributed by atoms with Crippen LogP contribution in [0.2, 0.25) is 5.02 Å². The van der Waals surface area contributed by atoms with Gasteiger partial charge < -0.3 is 4.74 Å². The minimum atomic E-state index is -6.28. The number of aromatic nitrogens is 1. The van der Waals surface area contributed by atoms with Crippen LogP contribution < -0.4 is 14.6 Å². The van der Waals surface area contributed by atoms with Crippen molar-refractivity contribution in [3.05, 3.63) is 55.7 Å². The highest BCUT2D eigenvalue weighted by atomic mass is 35.5. The summed E-state index contributed by atoms with van der Waals surface area (Å²) in [5.41, 5.74) is -10.1. The average Bonchev–Trinajstić information content (AvgIpc) is 2.56. The average molecular weight is 447 g/mol. The summed E-state index contributed by atoms with van der Waals surface area (Å²) in [6.07, 6.45) is 0.381. The minimum Gasteiger partial charge on any atom is -0.494 e. The van der Waals surface area contributed by atoms with E-state index in [2.05, 4.69) is 9.02 Å². The second kappa shape index (κ2) is 7.27. The highest BCUT2D eigenvalue weighted by Crippen LogP contribution is 2.36. The van der Waals surface area contributed by atoms with Gasteiger partial charge in [-0.05, 0) is 12.1 Å². The third-order valence-corrected chi connectivity index (χ3v) is 4.45. The molecule has 0 atom stereocenters. The fourth-order valence-electron chi connectivity index (χ4n) is 2.00. The molecule has 0 amide bonds. The van der Waals surface area contributed by atoms with E-state index in [-0.39, 0.29) is 16.3 Å². The number of alkyl halides is 3. The maximum Gasteiger partial charge on any atom is 0.536 e. The van der Waals surface area contributed by atoms with Crippen molar-refractivity contribution in [2.75, 3.05) is 7.11 Å². The molecule has 1 aromatic heterocycles. The zero-order valence-corrected chi connectivity index (χ0v) is 14.9. The van der Waals surface area contributed by atoms with E-state index in [1.165, 1.54) is 0 Å². The maximum atomic E-state index is 13.9. The second-order valence-corrected chi connectivity index (χ2v) is 6.83. The molecule has 15 heteroatoms. The van der Waals surface area contributed by atoms with Crippen LogP contribution in [0.25, 0.3) is 11.1 Å². The number of halogens is 5. The Balaban J connectivity index is 2.71. The van der Waals surface area contributed by atoms with Crippen molar-refractivity contribution in [1.82, 2.24) is 4.73 Å². The number of benzene rings is 1. The number of hydrogen-bond donors (Lipinski definition) is 0. The van der Waals surface area contributed by atoms with Crippen molar-refractivity contribution in [3.8, 4) is 16.9 Å². The van der Waals surface area contributed by atoms with Gasteiger partial charge in [0.2, 0.25) is 0 Å². The zero-order chi connectivity index (χ0) is 21.4. The molecule has 0 radical (unpaired) electrons. The van der Waals surface area contributed by atoms with E-state index in [0.29, 0.717) is 18.3 Å². The Morgan fingerprint density at radius 1 is 1.25 bits per heavy atom. The van der Waals surface area contributed by atoms with Gasteiger partial charge in [-0.15, -0.1) is 4.73 Å². The van der Waals surface area contributed by atoms with Crippen molar-refractivity contribution >= 4 is 27.4 Å². The van der Waals surface area contributed by atoms with E-state index >= 15 is 0 Å². The predicted octanol–water partition coefficient (Wildman–Crippen LogP) is 2.50. The van der Waals surface area contributed by atoms with Gasteiger partial charge in [0.05, 0.1) is 28.8 Å². The molecule has 0 aliphatic rings. The van der Waals surface area contributed by atoms with Crippen LogP contribution in [0, 0.1) is 15.9 Å². The lowest BCUT2D eigenvalue weighted by Crippen LogP contribution is -2.38. The Labute approximate surface area is 157 Å².